The predicted molar refractivity (Wildman–Crippen MR) is 98.8 cm³/mol. The van der Waals surface area contributed by atoms with Gasteiger partial charge in [-0.2, -0.15) is 0 Å². The number of hydrogen-bond acceptors (Lipinski definition) is 4. The molecule has 132 valence electrons. The van der Waals surface area contributed by atoms with Gasteiger partial charge in [0.2, 0.25) is 0 Å². The number of carbonyl (C=O) groups is 2. The van der Waals surface area contributed by atoms with Gasteiger partial charge < -0.3 is 14.8 Å². The average molecular weight is 349 g/mol. The van der Waals surface area contributed by atoms with Gasteiger partial charge in [-0.15, -0.1) is 0 Å². The highest BCUT2D eigenvalue weighted by atomic mass is 16.5. The molecule has 1 unspecified atom stereocenters. The van der Waals surface area contributed by atoms with Gasteiger partial charge in [0, 0.05) is 0 Å². The quantitative estimate of drug-likeness (QED) is 0.694. The molecule has 0 aliphatic rings. The van der Waals surface area contributed by atoms with Crippen LogP contribution in [0.2, 0.25) is 0 Å². The second-order valence-corrected chi connectivity index (χ2v) is 5.73. The molecule has 5 heteroatoms. The molecule has 3 rings (SSSR count). The van der Waals surface area contributed by atoms with Crippen LogP contribution in [0.1, 0.15) is 11.6 Å². The van der Waals surface area contributed by atoms with Crippen LogP contribution in [-0.2, 0) is 14.3 Å². The van der Waals surface area contributed by atoms with E-state index >= 15 is 0 Å². The first-order valence-corrected chi connectivity index (χ1v) is 8.21. The minimum atomic E-state index is -0.867. The van der Waals surface area contributed by atoms with Gasteiger partial charge in [0.05, 0.1) is 7.11 Å². The fourth-order valence-corrected chi connectivity index (χ4v) is 2.65. The Labute approximate surface area is 151 Å². The lowest BCUT2D eigenvalue weighted by molar-refractivity contribution is -0.145. The van der Waals surface area contributed by atoms with Crippen molar-refractivity contribution in [1.29, 1.82) is 0 Å². The summed E-state index contributed by atoms with van der Waals surface area (Å²) in [5.41, 5.74) is 0.651. The zero-order valence-electron chi connectivity index (χ0n) is 14.3. The van der Waals surface area contributed by atoms with E-state index in [1.807, 2.05) is 48.5 Å². The van der Waals surface area contributed by atoms with E-state index in [1.165, 1.54) is 7.11 Å². The molecule has 3 aromatic rings. The van der Waals surface area contributed by atoms with Gasteiger partial charge >= 0.3 is 5.97 Å². The second kappa shape index (κ2) is 8.16. The number of nitrogens with one attached hydrogen (secondary N) is 1. The molecule has 0 aromatic heterocycles. The Morgan fingerprint density at radius 3 is 2.35 bits per heavy atom. The number of ether oxygens (including phenoxy) is 2. The van der Waals surface area contributed by atoms with Crippen LogP contribution in [0.4, 0.5) is 0 Å². The number of rotatable bonds is 6. The number of methoxy groups -OCH3 is 1. The van der Waals surface area contributed by atoms with Crippen LogP contribution in [0, 0.1) is 0 Å². The Bertz CT molecular complexity index is 908. The van der Waals surface area contributed by atoms with Gasteiger partial charge in [-0.1, -0.05) is 60.7 Å². The molecule has 0 bridgehead atoms. The Morgan fingerprint density at radius 2 is 1.62 bits per heavy atom. The fourth-order valence-electron chi connectivity index (χ4n) is 2.65. The zero-order valence-corrected chi connectivity index (χ0v) is 14.3. The number of benzene rings is 3. The van der Waals surface area contributed by atoms with E-state index in [1.54, 1.807) is 24.3 Å². The smallest absolute Gasteiger partial charge is 0.333 e. The maximum atomic E-state index is 12.2. The van der Waals surface area contributed by atoms with E-state index in [2.05, 4.69) is 5.32 Å². The molecule has 1 amide bonds. The minimum absolute atomic E-state index is 0.196. The summed E-state index contributed by atoms with van der Waals surface area (Å²) in [6.45, 7) is -0.196. The summed E-state index contributed by atoms with van der Waals surface area (Å²) in [4.78, 5) is 24.2. The predicted octanol–water partition coefficient (Wildman–Crippen LogP) is 3.25. The van der Waals surface area contributed by atoms with Crippen LogP contribution in [0.15, 0.2) is 72.8 Å². The molecule has 0 aliphatic carbocycles. The van der Waals surface area contributed by atoms with Crippen molar-refractivity contribution in [3.05, 3.63) is 78.4 Å². The molecule has 0 radical (unpaired) electrons. The highest BCUT2D eigenvalue weighted by Gasteiger charge is 2.23. The molecule has 0 spiro atoms. The molecular formula is C21H19NO4. The van der Waals surface area contributed by atoms with E-state index in [0.717, 1.165) is 10.8 Å². The zero-order chi connectivity index (χ0) is 18.4. The SMILES string of the molecule is COC(=O)C(NC(=O)COc1ccc2ccccc2c1)c1ccccc1. The van der Waals surface area contributed by atoms with Crippen molar-refractivity contribution >= 4 is 22.6 Å². The third-order valence-electron chi connectivity index (χ3n) is 3.97. The molecular weight excluding hydrogens is 330 g/mol. The monoisotopic (exact) mass is 349 g/mol. The molecule has 0 fully saturated rings. The number of amides is 1. The normalized spacial score (nSPS) is 11.6. The fraction of sp³-hybridized carbons (Fsp3) is 0.143. The molecule has 5 nitrogen and oxygen atoms in total. The summed E-state index contributed by atoms with van der Waals surface area (Å²) in [7, 11) is 1.29. The van der Waals surface area contributed by atoms with Gasteiger partial charge in [-0.3, -0.25) is 4.79 Å². The number of esters is 1. The molecule has 0 saturated carbocycles. The third kappa shape index (κ3) is 4.19. The summed E-state index contributed by atoms with van der Waals surface area (Å²) in [5.74, 6) is -0.346. The van der Waals surface area contributed by atoms with Crippen LogP contribution in [0.3, 0.4) is 0 Å². The number of fused-ring (bicyclic) bond motifs is 1. The van der Waals surface area contributed by atoms with Gasteiger partial charge in [0.1, 0.15) is 5.75 Å². The van der Waals surface area contributed by atoms with Crippen molar-refractivity contribution in [1.82, 2.24) is 5.32 Å². The lowest BCUT2D eigenvalue weighted by atomic mass is 10.1. The largest absolute Gasteiger partial charge is 0.484 e. The third-order valence-corrected chi connectivity index (χ3v) is 3.97. The van der Waals surface area contributed by atoms with Crippen LogP contribution in [0.25, 0.3) is 10.8 Å². The molecule has 1 N–H and O–H groups in total. The van der Waals surface area contributed by atoms with Gasteiger partial charge in [-0.25, -0.2) is 4.79 Å². The van der Waals surface area contributed by atoms with Crippen molar-refractivity contribution in [2.75, 3.05) is 13.7 Å². The first-order valence-electron chi connectivity index (χ1n) is 8.21. The topological polar surface area (TPSA) is 64.6 Å². The molecule has 0 aliphatic heterocycles. The first kappa shape index (κ1) is 17.5. The van der Waals surface area contributed by atoms with E-state index in [9.17, 15) is 9.59 Å². The summed E-state index contributed by atoms with van der Waals surface area (Å²) < 4.78 is 10.3. The minimum Gasteiger partial charge on any atom is -0.484 e. The van der Waals surface area contributed by atoms with Crippen LogP contribution in [-0.4, -0.2) is 25.6 Å². The van der Waals surface area contributed by atoms with Crippen LogP contribution >= 0.6 is 0 Å². The second-order valence-electron chi connectivity index (χ2n) is 5.73. The lowest BCUT2D eigenvalue weighted by Crippen LogP contribution is -2.37. The summed E-state index contributed by atoms with van der Waals surface area (Å²) in [6.07, 6.45) is 0. The van der Waals surface area contributed by atoms with Crippen molar-refractivity contribution in [2.45, 2.75) is 6.04 Å². The van der Waals surface area contributed by atoms with E-state index < -0.39 is 17.9 Å². The number of carbonyl (C=O) groups excluding carboxylic acids is 2. The Hall–Kier alpha value is -3.34. The van der Waals surface area contributed by atoms with E-state index in [-0.39, 0.29) is 6.61 Å². The average Bonchev–Trinajstić information content (AvgIpc) is 2.70. The van der Waals surface area contributed by atoms with Crippen LogP contribution < -0.4 is 10.1 Å². The van der Waals surface area contributed by atoms with Crippen molar-refractivity contribution in [2.24, 2.45) is 0 Å². The Kier molecular flexibility index (Phi) is 5.49. The van der Waals surface area contributed by atoms with E-state index in [0.29, 0.717) is 11.3 Å². The van der Waals surface area contributed by atoms with Crippen molar-refractivity contribution in [3.8, 4) is 5.75 Å². The molecule has 1 atom stereocenters. The highest BCUT2D eigenvalue weighted by molar-refractivity contribution is 5.86. The lowest BCUT2D eigenvalue weighted by Gasteiger charge is -2.17. The Balaban J connectivity index is 1.65. The maximum Gasteiger partial charge on any atom is 0.333 e. The van der Waals surface area contributed by atoms with E-state index in [4.69, 9.17) is 9.47 Å². The van der Waals surface area contributed by atoms with Crippen molar-refractivity contribution < 1.29 is 19.1 Å². The van der Waals surface area contributed by atoms with Gasteiger partial charge in [-0.05, 0) is 28.5 Å². The molecule has 0 saturated heterocycles. The molecule has 26 heavy (non-hydrogen) atoms. The molecule has 0 heterocycles. The highest BCUT2D eigenvalue weighted by Crippen LogP contribution is 2.20. The maximum absolute atomic E-state index is 12.2. The Morgan fingerprint density at radius 1 is 0.923 bits per heavy atom. The summed E-state index contributed by atoms with van der Waals surface area (Å²) in [5, 5.41) is 4.78. The summed E-state index contributed by atoms with van der Waals surface area (Å²) in [6, 6.07) is 21.6. The number of hydrogen-bond donors (Lipinski definition) is 1. The first-order chi connectivity index (χ1) is 12.7. The standard InChI is InChI=1S/C21H19NO4/c1-25-21(24)20(16-8-3-2-4-9-16)22-19(23)14-26-18-12-11-15-7-5-6-10-17(15)13-18/h2-13,20H,14H2,1H3,(H,22,23). The summed E-state index contributed by atoms with van der Waals surface area (Å²) >= 11 is 0. The van der Waals surface area contributed by atoms with Crippen molar-refractivity contribution in [3.63, 3.8) is 0 Å². The van der Waals surface area contributed by atoms with Gasteiger partial charge in [0.15, 0.2) is 12.6 Å². The van der Waals surface area contributed by atoms with Crippen LogP contribution in [0.5, 0.6) is 5.75 Å². The van der Waals surface area contributed by atoms with Gasteiger partial charge in [0.25, 0.3) is 5.91 Å². The molecule has 3 aromatic carbocycles.